The number of hydrogen-bond donors (Lipinski definition) is 2. The quantitative estimate of drug-likeness (QED) is 0.897. The zero-order valence-corrected chi connectivity index (χ0v) is 13.7. The summed E-state index contributed by atoms with van der Waals surface area (Å²) in [6.07, 6.45) is 3.16. The zero-order valence-electron chi connectivity index (χ0n) is 13.7. The summed E-state index contributed by atoms with van der Waals surface area (Å²) < 4.78 is 0. The number of anilines is 1. The minimum atomic E-state index is 0.0172. The van der Waals surface area contributed by atoms with Gasteiger partial charge in [-0.25, -0.2) is 0 Å². The highest BCUT2D eigenvalue weighted by Gasteiger charge is 2.30. The van der Waals surface area contributed by atoms with Crippen molar-refractivity contribution in [3.8, 4) is 0 Å². The number of aryl methyl sites for hydroxylation is 1. The molecule has 4 heteroatoms. The number of carbonyl (C=O) groups is 2. The lowest BCUT2D eigenvalue weighted by atomic mass is 9.81. The summed E-state index contributed by atoms with van der Waals surface area (Å²) in [5, 5.41) is 5.95. The topological polar surface area (TPSA) is 58.2 Å². The third-order valence-electron chi connectivity index (χ3n) is 4.19. The Bertz CT molecular complexity index is 532. The monoisotopic (exact) mass is 302 g/mol. The van der Waals surface area contributed by atoms with Crippen LogP contribution in [-0.2, 0) is 9.59 Å². The number of benzene rings is 1. The molecule has 0 unspecified atom stereocenters. The van der Waals surface area contributed by atoms with E-state index >= 15 is 0 Å². The molecule has 0 bridgehead atoms. The molecule has 2 rings (SSSR count). The highest BCUT2D eigenvalue weighted by atomic mass is 16.2. The molecule has 120 valence electrons. The van der Waals surface area contributed by atoms with Gasteiger partial charge in [0.25, 0.3) is 0 Å². The van der Waals surface area contributed by atoms with E-state index in [-0.39, 0.29) is 29.7 Å². The van der Waals surface area contributed by atoms with Crippen molar-refractivity contribution < 1.29 is 9.59 Å². The Morgan fingerprint density at radius 1 is 1.05 bits per heavy atom. The van der Waals surface area contributed by atoms with Crippen LogP contribution in [0.2, 0.25) is 0 Å². The van der Waals surface area contributed by atoms with Crippen LogP contribution in [0.5, 0.6) is 0 Å². The molecule has 0 aromatic heterocycles. The molecular weight excluding hydrogens is 276 g/mol. The molecular formula is C18H26N2O2. The van der Waals surface area contributed by atoms with Crippen molar-refractivity contribution in [2.75, 3.05) is 5.32 Å². The van der Waals surface area contributed by atoms with Crippen molar-refractivity contribution in [2.45, 2.75) is 52.5 Å². The molecule has 1 aliphatic carbocycles. The fraction of sp³-hybridized carbons (Fsp3) is 0.556. The lowest BCUT2D eigenvalue weighted by molar-refractivity contribution is -0.128. The Hall–Kier alpha value is -1.84. The van der Waals surface area contributed by atoms with Crippen LogP contribution in [0.4, 0.5) is 5.69 Å². The lowest BCUT2D eigenvalue weighted by Gasteiger charge is -2.27. The first-order chi connectivity index (χ1) is 10.5. The zero-order chi connectivity index (χ0) is 16.1. The number of carbonyl (C=O) groups excluding carboxylic acids is 2. The SMILES string of the molecule is Cc1cccc(NC(=O)C2CCC(C(=O)NC(C)C)CC2)c1. The van der Waals surface area contributed by atoms with Gasteiger partial charge in [-0.05, 0) is 64.2 Å². The number of hydrogen-bond acceptors (Lipinski definition) is 2. The Labute approximate surface area is 132 Å². The second-order valence-electron chi connectivity index (χ2n) is 6.57. The first-order valence-corrected chi connectivity index (χ1v) is 8.13. The standard InChI is InChI=1S/C18H26N2O2/c1-12(2)19-17(21)14-7-9-15(10-8-14)18(22)20-16-6-4-5-13(3)11-16/h4-6,11-12,14-15H,7-10H2,1-3H3,(H,19,21)(H,20,22). The van der Waals surface area contributed by atoms with Gasteiger partial charge in [0.15, 0.2) is 0 Å². The summed E-state index contributed by atoms with van der Waals surface area (Å²) in [5.74, 6) is 0.287. The van der Waals surface area contributed by atoms with Crippen LogP contribution in [0.3, 0.4) is 0 Å². The molecule has 0 heterocycles. The molecule has 1 aromatic rings. The van der Waals surface area contributed by atoms with Gasteiger partial charge in [0.05, 0.1) is 0 Å². The van der Waals surface area contributed by atoms with Crippen LogP contribution in [0.15, 0.2) is 24.3 Å². The van der Waals surface area contributed by atoms with Gasteiger partial charge in [-0.2, -0.15) is 0 Å². The minimum Gasteiger partial charge on any atom is -0.354 e. The maximum absolute atomic E-state index is 12.3. The Morgan fingerprint density at radius 3 is 2.18 bits per heavy atom. The number of amides is 2. The molecule has 1 aromatic carbocycles. The molecule has 1 saturated carbocycles. The second kappa shape index (κ2) is 7.43. The first kappa shape index (κ1) is 16.5. The summed E-state index contributed by atoms with van der Waals surface area (Å²) in [7, 11) is 0. The molecule has 1 fully saturated rings. The van der Waals surface area contributed by atoms with Crippen LogP contribution >= 0.6 is 0 Å². The van der Waals surface area contributed by atoms with E-state index in [2.05, 4.69) is 10.6 Å². The summed E-state index contributed by atoms with van der Waals surface area (Å²) in [5.41, 5.74) is 1.98. The van der Waals surface area contributed by atoms with E-state index in [4.69, 9.17) is 0 Å². The second-order valence-corrected chi connectivity index (χ2v) is 6.57. The van der Waals surface area contributed by atoms with Gasteiger partial charge in [-0.1, -0.05) is 12.1 Å². The average molecular weight is 302 g/mol. The third-order valence-corrected chi connectivity index (χ3v) is 4.19. The number of nitrogens with one attached hydrogen (secondary N) is 2. The summed E-state index contributed by atoms with van der Waals surface area (Å²) >= 11 is 0. The Kier molecular flexibility index (Phi) is 5.58. The molecule has 1 aliphatic rings. The van der Waals surface area contributed by atoms with Gasteiger partial charge in [0.2, 0.25) is 11.8 Å². The smallest absolute Gasteiger partial charge is 0.227 e. The molecule has 0 aliphatic heterocycles. The van der Waals surface area contributed by atoms with Crippen molar-refractivity contribution in [3.05, 3.63) is 29.8 Å². The minimum absolute atomic E-state index is 0.0172. The van der Waals surface area contributed by atoms with Crippen LogP contribution in [0.25, 0.3) is 0 Å². The van der Waals surface area contributed by atoms with E-state index < -0.39 is 0 Å². The van der Waals surface area contributed by atoms with Crippen molar-refractivity contribution in [1.82, 2.24) is 5.32 Å². The maximum Gasteiger partial charge on any atom is 0.227 e. The molecule has 0 spiro atoms. The fourth-order valence-corrected chi connectivity index (χ4v) is 2.99. The van der Waals surface area contributed by atoms with E-state index in [1.165, 1.54) is 0 Å². The molecule has 2 amide bonds. The lowest BCUT2D eigenvalue weighted by Crippen LogP contribution is -2.38. The highest BCUT2D eigenvalue weighted by Crippen LogP contribution is 2.30. The number of rotatable bonds is 4. The Morgan fingerprint density at radius 2 is 1.64 bits per heavy atom. The largest absolute Gasteiger partial charge is 0.354 e. The van der Waals surface area contributed by atoms with E-state index in [1.807, 2.05) is 45.0 Å². The fourth-order valence-electron chi connectivity index (χ4n) is 2.99. The highest BCUT2D eigenvalue weighted by molar-refractivity contribution is 5.92. The van der Waals surface area contributed by atoms with Crippen LogP contribution in [0.1, 0.15) is 45.1 Å². The van der Waals surface area contributed by atoms with E-state index in [9.17, 15) is 9.59 Å². The van der Waals surface area contributed by atoms with Crippen molar-refractivity contribution in [2.24, 2.45) is 11.8 Å². The third kappa shape index (κ3) is 4.58. The molecule has 0 atom stereocenters. The maximum atomic E-state index is 12.3. The Balaban J connectivity index is 1.83. The average Bonchev–Trinajstić information content (AvgIpc) is 2.46. The van der Waals surface area contributed by atoms with E-state index in [0.29, 0.717) is 0 Å². The van der Waals surface area contributed by atoms with Crippen LogP contribution in [0, 0.1) is 18.8 Å². The van der Waals surface area contributed by atoms with Gasteiger partial charge in [0.1, 0.15) is 0 Å². The predicted octanol–water partition coefficient (Wildman–Crippen LogP) is 3.26. The van der Waals surface area contributed by atoms with E-state index in [1.54, 1.807) is 0 Å². The summed E-state index contributed by atoms with van der Waals surface area (Å²) in [6.45, 7) is 5.95. The van der Waals surface area contributed by atoms with Gasteiger partial charge < -0.3 is 10.6 Å². The molecule has 0 saturated heterocycles. The molecule has 4 nitrogen and oxygen atoms in total. The van der Waals surface area contributed by atoms with Gasteiger partial charge >= 0.3 is 0 Å². The van der Waals surface area contributed by atoms with Crippen molar-refractivity contribution in [3.63, 3.8) is 0 Å². The first-order valence-electron chi connectivity index (χ1n) is 8.13. The normalized spacial score (nSPS) is 21.5. The van der Waals surface area contributed by atoms with E-state index in [0.717, 1.165) is 36.9 Å². The van der Waals surface area contributed by atoms with Crippen LogP contribution < -0.4 is 10.6 Å². The predicted molar refractivity (Wildman–Crippen MR) is 88.5 cm³/mol. The van der Waals surface area contributed by atoms with Gasteiger partial charge in [0, 0.05) is 23.6 Å². The molecule has 2 N–H and O–H groups in total. The van der Waals surface area contributed by atoms with Crippen molar-refractivity contribution >= 4 is 17.5 Å². The molecule has 22 heavy (non-hydrogen) atoms. The van der Waals surface area contributed by atoms with Crippen LogP contribution in [-0.4, -0.2) is 17.9 Å². The summed E-state index contributed by atoms with van der Waals surface area (Å²) in [6, 6.07) is 8.01. The summed E-state index contributed by atoms with van der Waals surface area (Å²) in [4.78, 5) is 24.3. The molecule has 0 radical (unpaired) electrons. The van der Waals surface area contributed by atoms with Gasteiger partial charge in [-0.15, -0.1) is 0 Å². The van der Waals surface area contributed by atoms with Crippen molar-refractivity contribution in [1.29, 1.82) is 0 Å². The van der Waals surface area contributed by atoms with Gasteiger partial charge in [-0.3, -0.25) is 9.59 Å².